The number of hydrogen-bond donors (Lipinski definition) is 1. The van der Waals surface area contributed by atoms with Crippen molar-refractivity contribution in [2.75, 3.05) is 31.1 Å². The molecule has 0 saturated carbocycles. The van der Waals surface area contributed by atoms with E-state index in [1.807, 2.05) is 18.2 Å². The highest BCUT2D eigenvalue weighted by Gasteiger charge is 2.38. The Labute approximate surface area is 221 Å². The molecule has 1 fully saturated rings. The zero-order chi connectivity index (χ0) is 27.9. The Morgan fingerprint density at radius 1 is 1.08 bits per heavy atom. The number of alkyl halides is 3. The van der Waals surface area contributed by atoms with Crippen LogP contribution in [-0.4, -0.2) is 62.0 Å². The van der Waals surface area contributed by atoms with Gasteiger partial charge in [-0.15, -0.1) is 0 Å². The van der Waals surface area contributed by atoms with Crippen LogP contribution in [0.15, 0.2) is 42.6 Å². The van der Waals surface area contributed by atoms with Gasteiger partial charge in [-0.2, -0.15) is 23.3 Å². The Morgan fingerprint density at radius 3 is 2.51 bits per heavy atom. The molecule has 0 unspecified atom stereocenters. The van der Waals surface area contributed by atoms with E-state index >= 15 is 0 Å². The number of phenols is 1. The molecule has 0 spiro atoms. The van der Waals surface area contributed by atoms with Crippen molar-refractivity contribution in [3.05, 3.63) is 65.4 Å². The van der Waals surface area contributed by atoms with Crippen LogP contribution in [0, 0.1) is 11.6 Å². The fourth-order valence-corrected chi connectivity index (χ4v) is 5.13. The molecule has 0 bridgehead atoms. The van der Waals surface area contributed by atoms with Crippen LogP contribution in [0.3, 0.4) is 0 Å². The first-order chi connectivity index (χ1) is 18.6. The van der Waals surface area contributed by atoms with Crippen LogP contribution in [0.25, 0.3) is 22.3 Å². The molecule has 4 aromatic rings. The molecular weight excluding hydrogens is 519 g/mol. The second-order valence-corrected chi connectivity index (χ2v) is 9.66. The maximum absolute atomic E-state index is 14.8. The minimum absolute atomic E-state index is 0.0682. The summed E-state index contributed by atoms with van der Waals surface area (Å²) in [5, 5.41) is 14.1. The average molecular weight is 547 g/mol. The number of halogens is 5. The first-order valence-electron chi connectivity index (χ1n) is 12.6. The van der Waals surface area contributed by atoms with Crippen LogP contribution in [-0.2, 0) is 19.6 Å². The number of anilines is 1. The molecule has 2 aromatic carbocycles. The zero-order valence-corrected chi connectivity index (χ0v) is 21.4. The number of aromatic hydroxyl groups is 1. The molecule has 0 radical (unpaired) electrons. The van der Waals surface area contributed by atoms with Gasteiger partial charge in [-0.1, -0.05) is 37.3 Å². The normalized spacial score (nSPS) is 16.8. The zero-order valence-electron chi connectivity index (χ0n) is 21.4. The lowest BCUT2D eigenvalue weighted by Crippen LogP contribution is -2.54. The first kappa shape index (κ1) is 26.8. The lowest BCUT2D eigenvalue weighted by atomic mass is 10.0. The Morgan fingerprint density at radius 2 is 1.82 bits per heavy atom. The van der Waals surface area contributed by atoms with Gasteiger partial charge < -0.3 is 10.0 Å². The minimum Gasteiger partial charge on any atom is -0.503 e. The summed E-state index contributed by atoms with van der Waals surface area (Å²) < 4.78 is 70.3. The van der Waals surface area contributed by atoms with Crippen molar-refractivity contribution in [1.82, 2.24) is 24.6 Å². The van der Waals surface area contributed by atoms with Crippen molar-refractivity contribution in [1.29, 1.82) is 0 Å². The smallest absolute Gasteiger partial charge is 0.419 e. The van der Waals surface area contributed by atoms with Crippen molar-refractivity contribution < 1.29 is 27.1 Å². The van der Waals surface area contributed by atoms with Gasteiger partial charge in [0.05, 0.1) is 10.9 Å². The number of benzene rings is 2. The van der Waals surface area contributed by atoms with E-state index in [0.717, 1.165) is 32.5 Å². The molecule has 2 aromatic heterocycles. The molecule has 1 aliphatic heterocycles. The van der Waals surface area contributed by atoms with Gasteiger partial charge in [0, 0.05) is 44.5 Å². The molecule has 1 aliphatic rings. The summed E-state index contributed by atoms with van der Waals surface area (Å²) in [7, 11) is 1.52. The molecule has 12 heteroatoms. The van der Waals surface area contributed by atoms with Crippen LogP contribution >= 0.6 is 0 Å². The third-order valence-corrected chi connectivity index (χ3v) is 6.98. The minimum atomic E-state index is -5.15. The van der Waals surface area contributed by atoms with Gasteiger partial charge in [0.1, 0.15) is 5.69 Å². The van der Waals surface area contributed by atoms with E-state index in [1.54, 1.807) is 0 Å². The average Bonchev–Trinajstić information content (AvgIpc) is 3.23. The molecule has 1 atom stereocenters. The molecule has 7 nitrogen and oxygen atoms in total. The third kappa shape index (κ3) is 5.12. The van der Waals surface area contributed by atoms with Gasteiger partial charge in [-0.25, -0.2) is 18.4 Å². The summed E-state index contributed by atoms with van der Waals surface area (Å²) in [5.41, 5.74) is -1.28. The molecule has 1 saturated heterocycles. The predicted molar refractivity (Wildman–Crippen MR) is 136 cm³/mol. The van der Waals surface area contributed by atoms with Crippen LogP contribution in [0.5, 0.6) is 5.75 Å². The first-order valence-corrected chi connectivity index (χ1v) is 12.6. The highest BCUT2D eigenvalue weighted by atomic mass is 19.4. The van der Waals surface area contributed by atoms with Crippen molar-refractivity contribution in [3.63, 3.8) is 0 Å². The second-order valence-electron chi connectivity index (χ2n) is 9.66. The summed E-state index contributed by atoms with van der Waals surface area (Å²) in [6, 6.07) is 10.4. The lowest BCUT2D eigenvalue weighted by molar-refractivity contribution is -0.140. The van der Waals surface area contributed by atoms with Gasteiger partial charge in [0.25, 0.3) is 0 Å². The Hall–Kier alpha value is -3.80. The van der Waals surface area contributed by atoms with Crippen LogP contribution in [0.4, 0.5) is 27.9 Å². The highest BCUT2D eigenvalue weighted by molar-refractivity contribution is 5.91. The van der Waals surface area contributed by atoms with Crippen molar-refractivity contribution in [2.45, 2.75) is 32.0 Å². The van der Waals surface area contributed by atoms with E-state index < -0.39 is 34.7 Å². The number of phenolic OH excluding ortho intramolecular Hbond substituents is 1. The molecule has 206 valence electrons. The third-order valence-electron chi connectivity index (χ3n) is 6.98. The van der Waals surface area contributed by atoms with Crippen LogP contribution in [0.2, 0.25) is 0 Å². The number of nitrogens with zero attached hydrogens (tertiary/aromatic N) is 6. The largest absolute Gasteiger partial charge is 0.503 e. The molecule has 3 heterocycles. The maximum atomic E-state index is 14.8. The van der Waals surface area contributed by atoms with Crippen LogP contribution in [0.1, 0.15) is 24.5 Å². The summed E-state index contributed by atoms with van der Waals surface area (Å²) in [6.07, 6.45) is -1.97. The highest BCUT2D eigenvalue weighted by Crippen LogP contribution is 2.41. The van der Waals surface area contributed by atoms with Gasteiger partial charge in [0.15, 0.2) is 23.0 Å². The van der Waals surface area contributed by atoms with Crippen LogP contribution < -0.4 is 4.90 Å². The Balaban J connectivity index is 1.55. The number of rotatable bonds is 6. The Bertz CT molecular complexity index is 1490. The molecule has 39 heavy (non-hydrogen) atoms. The molecule has 0 amide bonds. The summed E-state index contributed by atoms with van der Waals surface area (Å²) in [5.74, 6) is -4.91. The second kappa shape index (κ2) is 10.4. The number of piperazine rings is 1. The molecule has 1 N–H and O–H groups in total. The van der Waals surface area contributed by atoms with E-state index in [1.165, 1.54) is 23.5 Å². The standard InChI is InChI=1S/C27H27F5N6O/c1-3-9-37-10-11-38(17(15-37)12-16-7-5-4-6-8-16)26-33-14-19-23(35-36(2)25(19)34-26)18-13-20(27(30,31)32)22(29)24(39)21(18)28/h4-8,13-14,17,39H,3,9-12,15H2,1-2H3/t17-/m1/s1. The molecule has 0 aliphatic carbocycles. The Kier molecular flexibility index (Phi) is 7.15. The van der Waals surface area contributed by atoms with Gasteiger partial charge in [-0.3, -0.25) is 4.90 Å². The summed E-state index contributed by atoms with van der Waals surface area (Å²) in [4.78, 5) is 13.7. The van der Waals surface area contributed by atoms with Gasteiger partial charge in [-0.05, 0) is 31.0 Å². The fraction of sp³-hybridized carbons (Fsp3) is 0.370. The van der Waals surface area contributed by atoms with Gasteiger partial charge in [0.2, 0.25) is 5.95 Å². The molecular formula is C27H27F5N6O. The van der Waals surface area contributed by atoms with Gasteiger partial charge >= 0.3 is 6.18 Å². The summed E-state index contributed by atoms with van der Waals surface area (Å²) in [6.45, 7) is 5.40. The van der Waals surface area contributed by atoms with E-state index in [4.69, 9.17) is 0 Å². The monoisotopic (exact) mass is 546 g/mol. The molecule has 5 rings (SSSR count). The van der Waals surface area contributed by atoms with Crippen molar-refractivity contribution >= 4 is 17.0 Å². The number of hydrogen-bond acceptors (Lipinski definition) is 6. The topological polar surface area (TPSA) is 70.3 Å². The van der Waals surface area contributed by atoms with Crippen molar-refractivity contribution in [3.8, 4) is 17.0 Å². The maximum Gasteiger partial charge on any atom is 0.419 e. The quantitative estimate of drug-likeness (QED) is 0.337. The van der Waals surface area contributed by atoms with E-state index in [9.17, 15) is 27.1 Å². The summed E-state index contributed by atoms with van der Waals surface area (Å²) >= 11 is 0. The van der Waals surface area contributed by atoms with E-state index in [0.29, 0.717) is 18.6 Å². The fourth-order valence-electron chi connectivity index (χ4n) is 5.13. The number of aromatic nitrogens is 4. The number of fused-ring (bicyclic) bond motifs is 1. The van der Waals surface area contributed by atoms with E-state index in [2.05, 4.69) is 43.9 Å². The van der Waals surface area contributed by atoms with E-state index in [-0.39, 0.29) is 22.8 Å². The number of aryl methyl sites for hydroxylation is 1. The predicted octanol–water partition coefficient (Wildman–Crippen LogP) is 5.18. The van der Waals surface area contributed by atoms with Crippen molar-refractivity contribution in [2.24, 2.45) is 7.05 Å². The lowest BCUT2D eigenvalue weighted by Gasteiger charge is -2.41. The SMILES string of the molecule is CCCN1CCN(c2ncc3c(-c4cc(C(F)(F)F)c(F)c(O)c4F)nn(C)c3n2)[C@H](Cc2ccccc2)C1.